The van der Waals surface area contributed by atoms with Crippen LogP contribution < -0.4 is 22.1 Å². The number of aromatic nitrogens is 2. The zero-order valence-corrected chi connectivity index (χ0v) is 13.2. The van der Waals surface area contributed by atoms with Crippen LogP contribution in [0.1, 0.15) is 18.4 Å². The predicted molar refractivity (Wildman–Crippen MR) is 88.1 cm³/mol. The van der Waals surface area contributed by atoms with Gasteiger partial charge in [-0.05, 0) is 18.4 Å². The van der Waals surface area contributed by atoms with E-state index in [4.69, 9.17) is 0 Å². The smallest absolute Gasteiger partial charge is 0.283 e. The molecule has 1 aromatic carbocycles. The Balaban J connectivity index is 1.85. The third-order valence-electron chi connectivity index (χ3n) is 3.57. The van der Waals surface area contributed by atoms with Crippen molar-refractivity contribution in [3.63, 3.8) is 0 Å². The first-order chi connectivity index (χ1) is 11.0. The molecule has 0 spiro atoms. The summed E-state index contributed by atoms with van der Waals surface area (Å²) < 4.78 is 2.25. The van der Waals surface area contributed by atoms with E-state index in [1.165, 1.54) is 30.3 Å². The van der Waals surface area contributed by atoms with Gasteiger partial charge in [-0.2, -0.15) is 0 Å². The van der Waals surface area contributed by atoms with Crippen LogP contribution in [0, 0.1) is 0 Å². The lowest BCUT2D eigenvalue weighted by atomic mass is 10.1. The second-order valence-electron chi connectivity index (χ2n) is 5.28. The number of aryl methyl sites for hydroxylation is 1. The minimum atomic E-state index is -0.460. The van der Waals surface area contributed by atoms with E-state index in [0.717, 1.165) is 11.0 Å². The topological polar surface area (TPSA) is 85.1 Å². The molecule has 2 aromatic rings. The highest BCUT2D eigenvalue weighted by Crippen LogP contribution is 2.04. The summed E-state index contributed by atoms with van der Waals surface area (Å²) in [6.07, 6.45) is 1.88. The van der Waals surface area contributed by atoms with Crippen LogP contribution in [0.25, 0.3) is 0 Å². The summed E-state index contributed by atoms with van der Waals surface area (Å²) in [6.45, 7) is 0. The van der Waals surface area contributed by atoms with Gasteiger partial charge >= 0.3 is 5.69 Å². The SMILES string of the molecule is Cn1c(NNC(=O)CCCc2ccccc2)cc(=O)n(C)c1=O. The van der Waals surface area contributed by atoms with E-state index in [1.807, 2.05) is 30.3 Å². The van der Waals surface area contributed by atoms with Crippen molar-refractivity contribution in [2.45, 2.75) is 19.3 Å². The van der Waals surface area contributed by atoms with Crippen molar-refractivity contribution in [2.75, 3.05) is 5.43 Å². The van der Waals surface area contributed by atoms with Crippen molar-refractivity contribution in [1.82, 2.24) is 14.6 Å². The van der Waals surface area contributed by atoms with Gasteiger partial charge in [0.05, 0.1) is 0 Å². The molecule has 7 heteroatoms. The van der Waals surface area contributed by atoms with Gasteiger partial charge in [0.1, 0.15) is 5.82 Å². The Hall–Kier alpha value is -2.83. The first-order valence-corrected chi connectivity index (χ1v) is 7.35. The number of nitrogens with one attached hydrogen (secondary N) is 2. The summed E-state index contributed by atoms with van der Waals surface area (Å²) in [7, 11) is 2.92. The van der Waals surface area contributed by atoms with Crippen LogP contribution in [0.2, 0.25) is 0 Å². The van der Waals surface area contributed by atoms with Gasteiger partial charge in [0, 0.05) is 26.6 Å². The summed E-state index contributed by atoms with van der Waals surface area (Å²) in [5.74, 6) is 0.0450. The minimum absolute atomic E-state index is 0.200. The van der Waals surface area contributed by atoms with E-state index < -0.39 is 11.2 Å². The van der Waals surface area contributed by atoms with Gasteiger partial charge in [0.2, 0.25) is 5.91 Å². The molecule has 0 aliphatic carbocycles. The Labute approximate surface area is 133 Å². The molecule has 1 aromatic heterocycles. The van der Waals surface area contributed by atoms with Gasteiger partial charge in [-0.1, -0.05) is 30.3 Å². The van der Waals surface area contributed by atoms with Crippen LogP contribution in [0.15, 0.2) is 46.0 Å². The van der Waals surface area contributed by atoms with E-state index >= 15 is 0 Å². The zero-order chi connectivity index (χ0) is 16.8. The van der Waals surface area contributed by atoms with Crippen molar-refractivity contribution in [1.29, 1.82) is 0 Å². The molecular formula is C16H20N4O3. The highest BCUT2D eigenvalue weighted by atomic mass is 16.2. The van der Waals surface area contributed by atoms with Gasteiger partial charge < -0.3 is 0 Å². The van der Waals surface area contributed by atoms with Gasteiger partial charge in [0.25, 0.3) is 5.56 Å². The van der Waals surface area contributed by atoms with Crippen LogP contribution in [0.4, 0.5) is 5.82 Å². The quantitative estimate of drug-likeness (QED) is 0.762. The summed E-state index contributed by atoms with van der Waals surface area (Å²) in [5, 5.41) is 0. The third kappa shape index (κ3) is 4.32. The highest BCUT2D eigenvalue weighted by Gasteiger charge is 2.07. The van der Waals surface area contributed by atoms with E-state index in [-0.39, 0.29) is 11.7 Å². The zero-order valence-electron chi connectivity index (χ0n) is 13.2. The largest absolute Gasteiger partial charge is 0.332 e. The van der Waals surface area contributed by atoms with E-state index in [1.54, 1.807) is 0 Å². The third-order valence-corrected chi connectivity index (χ3v) is 3.57. The second-order valence-corrected chi connectivity index (χ2v) is 5.28. The Morgan fingerprint density at radius 2 is 1.78 bits per heavy atom. The Bertz CT molecular complexity index is 793. The average Bonchev–Trinajstić information content (AvgIpc) is 2.56. The molecule has 0 aliphatic heterocycles. The van der Waals surface area contributed by atoms with Gasteiger partial charge in [-0.15, -0.1) is 0 Å². The van der Waals surface area contributed by atoms with Gasteiger partial charge in [-0.25, -0.2) is 4.79 Å². The lowest BCUT2D eigenvalue weighted by Gasteiger charge is -2.12. The molecule has 2 N–H and O–H groups in total. The van der Waals surface area contributed by atoms with Gasteiger partial charge in [-0.3, -0.25) is 29.6 Å². The molecular weight excluding hydrogens is 296 g/mol. The van der Waals surface area contributed by atoms with Crippen molar-refractivity contribution < 1.29 is 4.79 Å². The Morgan fingerprint density at radius 3 is 2.48 bits per heavy atom. The van der Waals surface area contributed by atoms with Crippen LogP contribution in [0.5, 0.6) is 0 Å². The molecule has 2 rings (SSSR count). The van der Waals surface area contributed by atoms with Crippen molar-refractivity contribution in [3.05, 3.63) is 62.8 Å². The van der Waals surface area contributed by atoms with Crippen molar-refractivity contribution in [3.8, 4) is 0 Å². The van der Waals surface area contributed by atoms with Gasteiger partial charge in [0.15, 0.2) is 0 Å². The number of hydrazine groups is 1. The Kier molecular flexibility index (Phi) is 5.35. The van der Waals surface area contributed by atoms with Crippen LogP contribution in [0.3, 0.4) is 0 Å². The predicted octanol–water partition coefficient (Wildman–Crippen LogP) is 0.550. The number of anilines is 1. The maximum absolute atomic E-state index is 11.8. The van der Waals surface area contributed by atoms with Crippen LogP contribution in [-0.2, 0) is 25.3 Å². The monoisotopic (exact) mass is 316 g/mol. The molecule has 0 saturated carbocycles. The van der Waals surface area contributed by atoms with Crippen molar-refractivity contribution >= 4 is 11.7 Å². The molecule has 0 saturated heterocycles. The fourth-order valence-corrected chi connectivity index (χ4v) is 2.15. The molecule has 23 heavy (non-hydrogen) atoms. The Morgan fingerprint density at radius 1 is 1.09 bits per heavy atom. The maximum atomic E-state index is 11.8. The summed E-state index contributed by atoms with van der Waals surface area (Å²) in [6, 6.07) is 11.2. The molecule has 0 bridgehead atoms. The molecule has 0 aliphatic rings. The van der Waals surface area contributed by atoms with Crippen molar-refractivity contribution in [2.24, 2.45) is 14.1 Å². The molecule has 1 amide bonds. The normalized spacial score (nSPS) is 10.3. The summed E-state index contributed by atoms with van der Waals surface area (Å²) >= 11 is 0. The lowest BCUT2D eigenvalue weighted by molar-refractivity contribution is -0.120. The minimum Gasteiger partial charge on any atom is -0.283 e. The average molecular weight is 316 g/mol. The number of carbonyl (C=O) groups excluding carboxylic acids is 1. The molecule has 7 nitrogen and oxygen atoms in total. The number of rotatable bonds is 6. The van der Waals surface area contributed by atoms with Crippen LogP contribution in [-0.4, -0.2) is 15.0 Å². The number of hydrogen-bond acceptors (Lipinski definition) is 4. The molecule has 1 heterocycles. The molecule has 0 radical (unpaired) electrons. The number of nitrogens with zero attached hydrogens (tertiary/aromatic N) is 2. The number of carbonyl (C=O) groups is 1. The number of benzene rings is 1. The van der Waals surface area contributed by atoms with E-state index in [2.05, 4.69) is 10.9 Å². The summed E-state index contributed by atoms with van der Waals surface area (Å²) in [4.78, 5) is 35.2. The molecule has 0 atom stereocenters. The fourth-order valence-electron chi connectivity index (χ4n) is 2.15. The number of amides is 1. The second kappa shape index (κ2) is 7.44. The fraction of sp³-hybridized carbons (Fsp3) is 0.312. The molecule has 0 fully saturated rings. The highest BCUT2D eigenvalue weighted by molar-refractivity contribution is 5.77. The standard InChI is InChI=1S/C16H20N4O3/c1-19-13(11-15(22)20(2)16(19)23)17-18-14(21)10-6-9-12-7-4-3-5-8-12/h3-5,7-8,11,17H,6,9-10H2,1-2H3,(H,18,21). The van der Waals surface area contributed by atoms with Crippen LogP contribution >= 0.6 is 0 Å². The van der Waals surface area contributed by atoms with E-state index in [0.29, 0.717) is 12.8 Å². The lowest BCUT2D eigenvalue weighted by Crippen LogP contribution is -2.40. The summed E-state index contributed by atoms with van der Waals surface area (Å²) in [5.41, 5.74) is 5.41. The number of hydrogen-bond donors (Lipinski definition) is 2. The molecule has 0 unspecified atom stereocenters. The van der Waals surface area contributed by atoms with E-state index in [9.17, 15) is 14.4 Å². The first-order valence-electron chi connectivity index (χ1n) is 7.35. The maximum Gasteiger partial charge on any atom is 0.332 e. The first kappa shape index (κ1) is 16.5. The molecule has 122 valence electrons.